The van der Waals surface area contributed by atoms with Gasteiger partial charge in [-0.05, 0) is 31.6 Å². The van der Waals surface area contributed by atoms with E-state index in [1.54, 1.807) is 0 Å². The zero-order valence-corrected chi connectivity index (χ0v) is 10.9. The fourth-order valence-corrected chi connectivity index (χ4v) is 1.69. The Labute approximate surface area is 114 Å². The number of aryl methyl sites for hydroxylation is 1. The molecule has 0 aliphatic heterocycles. The van der Waals surface area contributed by atoms with E-state index in [0.29, 0.717) is 12.3 Å². The van der Waals surface area contributed by atoms with Gasteiger partial charge in [-0.1, -0.05) is 6.92 Å². The Kier molecular flexibility index (Phi) is 4.73. The van der Waals surface area contributed by atoms with Crippen molar-refractivity contribution in [2.45, 2.75) is 19.8 Å². The molecule has 20 heavy (non-hydrogen) atoms. The first-order valence-corrected chi connectivity index (χ1v) is 6.29. The van der Waals surface area contributed by atoms with Gasteiger partial charge >= 0.3 is 0 Å². The normalized spacial score (nSPS) is 11.0. The highest BCUT2D eigenvalue weighted by Crippen LogP contribution is 2.22. The SMILES string of the molecule is CCNCCCc1nnc(-c2cc(F)c(F)c(F)c2)o1. The lowest BCUT2D eigenvalue weighted by atomic mass is 10.2. The van der Waals surface area contributed by atoms with E-state index in [0.717, 1.165) is 31.6 Å². The number of hydrogen-bond acceptors (Lipinski definition) is 4. The quantitative estimate of drug-likeness (QED) is 0.655. The van der Waals surface area contributed by atoms with E-state index in [4.69, 9.17) is 4.42 Å². The highest BCUT2D eigenvalue weighted by atomic mass is 19.2. The molecule has 0 amide bonds. The summed E-state index contributed by atoms with van der Waals surface area (Å²) in [6.07, 6.45) is 1.37. The molecule has 0 aliphatic carbocycles. The number of benzene rings is 1. The molecule has 0 bridgehead atoms. The molecule has 108 valence electrons. The lowest BCUT2D eigenvalue weighted by Crippen LogP contribution is -2.14. The lowest BCUT2D eigenvalue weighted by Gasteiger charge is -1.99. The average molecular weight is 285 g/mol. The summed E-state index contributed by atoms with van der Waals surface area (Å²) in [4.78, 5) is 0. The lowest BCUT2D eigenvalue weighted by molar-refractivity contribution is 0.445. The van der Waals surface area contributed by atoms with Gasteiger partial charge in [0.2, 0.25) is 11.8 Å². The van der Waals surface area contributed by atoms with Crippen LogP contribution in [0.25, 0.3) is 11.5 Å². The minimum Gasteiger partial charge on any atom is -0.421 e. The molecule has 0 saturated heterocycles. The third kappa shape index (κ3) is 3.36. The summed E-state index contributed by atoms with van der Waals surface area (Å²) in [6.45, 7) is 3.69. The van der Waals surface area contributed by atoms with Crippen LogP contribution in [0.5, 0.6) is 0 Å². The van der Waals surface area contributed by atoms with Gasteiger partial charge in [-0.3, -0.25) is 0 Å². The molecule has 4 nitrogen and oxygen atoms in total. The Bertz CT molecular complexity index is 563. The predicted octanol–water partition coefficient (Wildman–Crippen LogP) is 2.70. The summed E-state index contributed by atoms with van der Waals surface area (Å²) in [5.74, 6) is -3.73. The van der Waals surface area contributed by atoms with Crippen LogP contribution < -0.4 is 5.32 Å². The first-order valence-electron chi connectivity index (χ1n) is 6.29. The van der Waals surface area contributed by atoms with E-state index >= 15 is 0 Å². The van der Waals surface area contributed by atoms with Crippen LogP contribution in [0.4, 0.5) is 13.2 Å². The van der Waals surface area contributed by atoms with E-state index in [-0.39, 0.29) is 11.5 Å². The zero-order chi connectivity index (χ0) is 14.5. The van der Waals surface area contributed by atoms with Crippen LogP contribution in [0.1, 0.15) is 19.2 Å². The van der Waals surface area contributed by atoms with E-state index in [2.05, 4.69) is 15.5 Å². The molecular formula is C13H14F3N3O. The van der Waals surface area contributed by atoms with Crippen LogP contribution in [0.3, 0.4) is 0 Å². The molecule has 0 radical (unpaired) electrons. The van der Waals surface area contributed by atoms with Crippen molar-refractivity contribution in [1.29, 1.82) is 0 Å². The topological polar surface area (TPSA) is 51.0 Å². The second-order valence-corrected chi connectivity index (χ2v) is 4.21. The molecule has 0 atom stereocenters. The van der Waals surface area contributed by atoms with Crippen molar-refractivity contribution in [3.05, 3.63) is 35.5 Å². The number of nitrogens with one attached hydrogen (secondary N) is 1. The van der Waals surface area contributed by atoms with E-state index in [9.17, 15) is 13.2 Å². The molecule has 1 aromatic carbocycles. The van der Waals surface area contributed by atoms with Gasteiger partial charge in [0.1, 0.15) is 0 Å². The second-order valence-electron chi connectivity index (χ2n) is 4.21. The average Bonchev–Trinajstić information content (AvgIpc) is 2.89. The molecule has 0 unspecified atom stereocenters. The van der Waals surface area contributed by atoms with Gasteiger partial charge in [0, 0.05) is 12.0 Å². The van der Waals surface area contributed by atoms with Gasteiger partial charge in [-0.15, -0.1) is 10.2 Å². The fraction of sp³-hybridized carbons (Fsp3) is 0.385. The molecule has 7 heteroatoms. The fourth-order valence-electron chi connectivity index (χ4n) is 1.69. The first kappa shape index (κ1) is 14.5. The van der Waals surface area contributed by atoms with E-state index in [1.165, 1.54) is 0 Å². The molecule has 0 spiro atoms. The maximum absolute atomic E-state index is 13.1. The molecule has 0 aliphatic rings. The first-order chi connectivity index (χ1) is 9.61. The van der Waals surface area contributed by atoms with Crippen molar-refractivity contribution in [3.8, 4) is 11.5 Å². The van der Waals surface area contributed by atoms with Crippen molar-refractivity contribution < 1.29 is 17.6 Å². The summed E-state index contributed by atoms with van der Waals surface area (Å²) >= 11 is 0. The number of halogens is 3. The van der Waals surface area contributed by atoms with Crippen LogP contribution in [0.15, 0.2) is 16.5 Å². The summed E-state index contributed by atoms with van der Waals surface area (Å²) in [6, 6.07) is 1.66. The van der Waals surface area contributed by atoms with Crippen LogP contribution >= 0.6 is 0 Å². The predicted molar refractivity (Wildman–Crippen MR) is 66.5 cm³/mol. The van der Waals surface area contributed by atoms with Crippen molar-refractivity contribution >= 4 is 0 Å². The molecule has 0 fully saturated rings. The van der Waals surface area contributed by atoms with E-state index < -0.39 is 17.5 Å². The van der Waals surface area contributed by atoms with Gasteiger partial charge < -0.3 is 9.73 Å². The largest absolute Gasteiger partial charge is 0.421 e. The molecule has 0 saturated carbocycles. The van der Waals surface area contributed by atoms with Crippen molar-refractivity contribution in [3.63, 3.8) is 0 Å². The van der Waals surface area contributed by atoms with Gasteiger partial charge in [-0.25, -0.2) is 13.2 Å². The minimum absolute atomic E-state index is 0.0202. The van der Waals surface area contributed by atoms with Gasteiger partial charge in [0.25, 0.3) is 0 Å². The maximum atomic E-state index is 13.1. The Balaban J connectivity index is 2.08. The molecule has 2 rings (SSSR count). The summed E-state index contributed by atoms with van der Waals surface area (Å²) in [5.41, 5.74) is 0.0202. The Morgan fingerprint density at radius 2 is 1.85 bits per heavy atom. The summed E-state index contributed by atoms with van der Waals surface area (Å²) in [7, 11) is 0. The van der Waals surface area contributed by atoms with Gasteiger partial charge in [0.05, 0.1) is 0 Å². The maximum Gasteiger partial charge on any atom is 0.247 e. The zero-order valence-electron chi connectivity index (χ0n) is 10.9. The number of rotatable bonds is 6. The molecule has 1 heterocycles. The summed E-state index contributed by atoms with van der Waals surface area (Å²) in [5, 5.41) is 10.6. The number of nitrogens with zero attached hydrogens (tertiary/aromatic N) is 2. The van der Waals surface area contributed by atoms with Crippen LogP contribution in [-0.4, -0.2) is 23.3 Å². The second kappa shape index (κ2) is 6.51. The van der Waals surface area contributed by atoms with Crippen LogP contribution in [0, 0.1) is 17.5 Å². The van der Waals surface area contributed by atoms with Crippen molar-refractivity contribution in [2.24, 2.45) is 0 Å². The highest BCUT2D eigenvalue weighted by Gasteiger charge is 2.15. The highest BCUT2D eigenvalue weighted by molar-refractivity contribution is 5.52. The molecular weight excluding hydrogens is 271 g/mol. The monoisotopic (exact) mass is 285 g/mol. The molecule has 1 aromatic heterocycles. The van der Waals surface area contributed by atoms with Crippen LogP contribution in [-0.2, 0) is 6.42 Å². The molecule has 2 aromatic rings. The third-order valence-electron chi connectivity index (χ3n) is 2.69. The number of aromatic nitrogens is 2. The smallest absolute Gasteiger partial charge is 0.247 e. The third-order valence-corrected chi connectivity index (χ3v) is 2.69. The Hall–Kier alpha value is -1.89. The summed E-state index contributed by atoms with van der Waals surface area (Å²) < 4.78 is 44.4. The van der Waals surface area contributed by atoms with E-state index in [1.807, 2.05) is 6.92 Å². The van der Waals surface area contributed by atoms with Crippen molar-refractivity contribution in [1.82, 2.24) is 15.5 Å². The number of hydrogen-bond donors (Lipinski definition) is 1. The van der Waals surface area contributed by atoms with Gasteiger partial charge in [0.15, 0.2) is 17.5 Å². The Morgan fingerprint density at radius 1 is 1.15 bits per heavy atom. The molecule has 1 N–H and O–H groups in total. The van der Waals surface area contributed by atoms with Gasteiger partial charge in [-0.2, -0.15) is 0 Å². The standard InChI is InChI=1S/C13H14F3N3O/c1-2-17-5-3-4-11-18-19-13(20-11)8-6-9(14)12(16)10(15)7-8/h6-7,17H,2-5H2,1H3. The minimum atomic E-state index is -1.51. The van der Waals surface area contributed by atoms with Crippen molar-refractivity contribution in [2.75, 3.05) is 13.1 Å². The Morgan fingerprint density at radius 3 is 2.50 bits per heavy atom. The van der Waals surface area contributed by atoms with Crippen LogP contribution in [0.2, 0.25) is 0 Å².